The molecule has 4 heteroatoms. The molecule has 1 aliphatic carbocycles. The van der Waals surface area contributed by atoms with E-state index in [1.807, 2.05) is 0 Å². The number of aliphatic hydroxyl groups excluding tert-OH is 1. The van der Waals surface area contributed by atoms with Gasteiger partial charge in [0.25, 0.3) is 0 Å². The van der Waals surface area contributed by atoms with Crippen LogP contribution in [0.4, 0.5) is 0 Å². The van der Waals surface area contributed by atoms with Gasteiger partial charge in [0.2, 0.25) is 5.91 Å². The summed E-state index contributed by atoms with van der Waals surface area (Å²) in [5.74, 6) is 0.170. The van der Waals surface area contributed by atoms with E-state index in [-0.39, 0.29) is 23.3 Å². The smallest absolute Gasteiger partial charge is 0.223 e. The summed E-state index contributed by atoms with van der Waals surface area (Å²) in [6, 6.07) is -0.384. The molecule has 17 heavy (non-hydrogen) atoms. The largest absolute Gasteiger partial charge is 0.392 e. The molecule has 1 fully saturated rings. The van der Waals surface area contributed by atoms with Crippen molar-refractivity contribution in [3.8, 4) is 0 Å². The Morgan fingerprint density at radius 2 is 2.18 bits per heavy atom. The second kappa shape index (κ2) is 5.83. The average Bonchev–Trinajstić information content (AvgIpc) is 2.24. The highest BCUT2D eigenvalue weighted by molar-refractivity contribution is 5.79. The number of carbonyl (C=O) groups is 1. The Labute approximate surface area is 104 Å². The van der Waals surface area contributed by atoms with Crippen molar-refractivity contribution in [1.82, 2.24) is 5.32 Å². The van der Waals surface area contributed by atoms with Gasteiger partial charge in [0.1, 0.15) is 0 Å². The number of rotatable bonds is 4. The van der Waals surface area contributed by atoms with Crippen LogP contribution in [0.3, 0.4) is 0 Å². The summed E-state index contributed by atoms with van der Waals surface area (Å²) in [4.78, 5) is 12.1. The third-order valence-electron chi connectivity index (χ3n) is 3.96. The van der Waals surface area contributed by atoms with Crippen molar-refractivity contribution >= 4 is 5.91 Å². The van der Waals surface area contributed by atoms with Gasteiger partial charge in [0.15, 0.2) is 0 Å². The molecule has 0 aromatic carbocycles. The molecule has 0 spiro atoms. The van der Waals surface area contributed by atoms with Crippen molar-refractivity contribution in [1.29, 1.82) is 0 Å². The van der Waals surface area contributed by atoms with Crippen LogP contribution in [0.2, 0.25) is 0 Å². The van der Waals surface area contributed by atoms with Gasteiger partial charge in [-0.1, -0.05) is 26.7 Å². The lowest BCUT2D eigenvalue weighted by atomic mass is 9.68. The van der Waals surface area contributed by atoms with Gasteiger partial charge in [-0.15, -0.1) is 0 Å². The molecule has 4 N–H and O–H groups in total. The van der Waals surface area contributed by atoms with Crippen LogP contribution in [0.1, 0.15) is 46.5 Å². The normalized spacial score (nSPS) is 27.2. The molecular weight excluding hydrogens is 216 g/mol. The number of amides is 1. The summed E-state index contributed by atoms with van der Waals surface area (Å²) in [6.45, 7) is 6.31. The molecule has 0 aromatic heterocycles. The third kappa shape index (κ3) is 3.96. The number of hydrogen-bond acceptors (Lipinski definition) is 3. The van der Waals surface area contributed by atoms with Crippen molar-refractivity contribution in [3.63, 3.8) is 0 Å². The Balaban J connectivity index is 2.46. The fourth-order valence-corrected chi connectivity index (χ4v) is 2.49. The van der Waals surface area contributed by atoms with E-state index < -0.39 is 6.10 Å². The maximum Gasteiger partial charge on any atom is 0.223 e. The molecule has 0 radical (unpaired) electrons. The highest BCUT2D eigenvalue weighted by Crippen LogP contribution is 2.40. The SMILES string of the molecule is CC(O)C(N)CNC(=O)C1CCCCC1(C)C. The summed E-state index contributed by atoms with van der Waals surface area (Å²) in [5.41, 5.74) is 5.78. The van der Waals surface area contributed by atoms with Crippen molar-refractivity contribution in [3.05, 3.63) is 0 Å². The number of aliphatic hydroxyl groups is 1. The molecule has 0 bridgehead atoms. The monoisotopic (exact) mass is 242 g/mol. The molecule has 1 rings (SSSR count). The van der Waals surface area contributed by atoms with E-state index in [4.69, 9.17) is 5.73 Å². The van der Waals surface area contributed by atoms with Crippen LogP contribution in [-0.2, 0) is 4.79 Å². The lowest BCUT2D eigenvalue weighted by molar-refractivity contribution is -0.130. The van der Waals surface area contributed by atoms with Gasteiger partial charge in [0, 0.05) is 18.5 Å². The average molecular weight is 242 g/mol. The highest BCUT2D eigenvalue weighted by atomic mass is 16.3. The summed E-state index contributed by atoms with van der Waals surface area (Å²) in [6.07, 6.45) is 3.82. The quantitative estimate of drug-likeness (QED) is 0.689. The molecule has 0 aromatic rings. The molecule has 1 saturated carbocycles. The summed E-state index contributed by atoms with van der Waals surface area (Å²) in [5, 5.41) is 12.1. The maximum absolute atomic E-state index is 12.1. The zero-order valence-corrected chi connectivity index (χ0v) is 11.2. The fourth-order valence-electron chi connectivity index (χ4n) is 2.49. The van der Waals surface area contributed by atoms with E-state index in [2.05, 4.69) is 19.2 Å². The van der Waals surface area contributed by atoms with Gasteiger partial charge in [-0.25, -0.2) is 0 Å². The van der Waals surface area contributed by atoms with E-state index >= 15 is 0 Å². The first-order valence-electron chi connectivity index (χ1n) is 6.56. The van der Waals surface area contributed by atoms with Crippen LogP contribution in [0.25, 0.3) is 0 Å². The molecule has 0 heterocycles. The van der Waals surface area contributed by atoms with Crippen molar-refractivity contribution in [2.45, 2.75) is 58.6 Å². The van der Waals surface area contributed by atoms with Crippen molar-refractivity contribution in [2.24, 2.45) is 17.1 Å². The van der Waals surface area contributed by atoms with E-state index in [0.29, 0.717) is 6.54 Å². The topological polar surface area (TPSA) is 75.3 Å². The molecule has 1 amide bonds. The maximum atomic E-state index is 12.1. The first-order chi connectivity index (χ1) is 7.84. The number of nitrogens with two attached hydrogens (primary N) is 1. The van der Waals surface area contributed by atoms with Crippen molar-refractivity contribution in [2.75, 3.05) is 6.54 Å². The Morgan fingerprint density at radius 1 is 1.53 bits per heavy atom. The van der Waals surface area contributed by atoms with Crippen LogP contribution in [0.5, 0.6) is 0 Å². The second-order valence-corrected chi connectivity index (χ2v) is 5.94. The van der Waals surface area contributed by atoms with Crippen LogP contribution < -0.4 is 11.1 Å². The van der Waals surface area contributed by atoms with Crippen LogP contribution in [0, 0.1) is 11.3 Å². The van der Waals surface area contributed by atoms with Crippen molar-refractivity contribution < 1.29 is 9.90 Å². The summed E-state index contributed by atoms with van der Waals surface area (Å²) < 4.78 is 0. The van der Waals surface area contributed by atoms with E-state index in [1.54, 1.807) is 6.92 Å². The summed E-state index contributed by atoms with van der Waals surface area (Å²) >= 11 is 0. The molecule has 100 valence electrons. The van der Waals surface area contributed by atoms with Gasteiger partial charge < -0.3 is 16.2 Å². The zero-order chi connectivity index (χ0) is 13.1. The predicted octanol–water partition coefficient (Wildman–Crippen LogP) is 1.03. The fraction of sp³-hybridized carbons (Fsp3) is 0.923. The van der Waals surface area contributed by atoms with Gasteiger partial charge in [-0.05, 0) is 25.2 Å². The van der Waals surface area contributed by atoms with Crippen LogP contribution >= 0.6 is 0 Å². The molecular formula is C13H26N2O2. The molecule has 4 nitrogen and oxygen atoms in total. The minimum absolute atomic E-state index is 0.0806. The number of nitrogens with one attached hydrogen (secondary N) is 1. The summed E-state index contributed by atoms with van der Waals surface area (Å²) in [7, 11) is 0. The Bertz CT molecular complexity index is 264. The molecule has 3 unspecified atom stereocenters. The predicted molar refractivity (Wildman–Crippen MR) is 68.4 cm³/mol. The lowest BCUT2D eigenvalue weighted by Gasteiger charge is -2.37. The Morgan fingerprint density at radius 3 is 2.71 bits per heavy atom. The molecule has 0 saturated heterocycles. The molecule has 0 aliphatic heterocycles. The van der Waals surface area contributed by atoms with Gasteiger partial charge in [-0.3, -0.25) is 4.79 Å². The Hall–Kier alpha value is -0.610. The first kappa shape index (κ1) is 14.5. The van der Waals surface area contributed by atoms with Crippen LogP contribution in [0.15, 0.2) is 0 Å². The standard InChI is InChI=1S/C13H26N2O2/c1-9(16)11(14)8-15-12(17)10-6-4-5-7-13(10,2)3/h9-11,16H,4-8,14H2,1-3H3,(H,15,17). The second-order valence-electron chi connectivity index (χ2n) is 5.94. The zero-order valence-electron chi connectivity index (χ0n) is 11.2. The third-order valence-corrected chi connectivity index (χ3v) is 3.96. The Kier molecular flexibility index (Phi) is 4.95. The van der Waals surface area contributed by atoms with Gasteiger partial charge >= 0.3 is 0 Å². The highest BCUT2D eigenvalue weighted by Gasteiger charge is 2.37. The number of hydrogen-bond donors (Lipinski definition) is 3. The molecule has 1 aliphatic rings. The van der Waals surface area contributed by atoms with Gasteiger partial charge in [0.05, 0.1) is 6.10 Å². The minimum atomic E-state index is -0.588. The molecule has 3 atom stereocenters. The van der Waals surface area contributed by atoms with E-state index in [9.17, 15) is 9.90 Å². The van der Waals surface area contributed by atoms with Gasteiger partial charge in [-0.2, -0.15) is 0 Å². The van der Waals surface area contributed by atoms with Crippen LogP contribution in [-0.4, -0.2) is 29.7 Å². The first-order valence-corrected chi connectivity index (χ1v) is 6.56. The number of carbonyl (C=O) groups excluding carboxylic acids is 1. The minimum Gasteiger partial charge on any atom is -0.392 e. The lowest BCUT2D eigenvalue weighted by Crippen LogP contribution is -2.48. The van der Waals surface area contributed by atoms with E-state index in [1.165, 1.54) is 6.42 Å². The van der Waals surface area contributed by atoms with E-state index in [0.717, 1.165) is 19.3 Å².